The Morgan fingerprint density at radius 1 is 1.39 bits per heavy atom. The molecule has 4 nitrogen and oxygen atoms in total. The summed E-state index contributed by atoms with van der Waals surface area (Å²) in [5.41, 5.74) is 1.83. The molecule has 0 spiro atoms. The minimum atomic E-state index is -0.223. The number of nitrogens with zero attached hydrogens (tertiary/aromatic N) is 1. The summed E-state index contributed by atoms with van der Waals surface area (Å²) in [6, 6.07) is 4.93. The Morgan fingerprint density at radius 3 is 2.65 bits per heavy atom. The molecule has 0 unspecified atom stereocenters. The fourth-order valence-electron chi connectivity index (χ4n) is 3.58. The minimum absolute atomic E-state index is 0.0408. The molecule has 0 aromatic heterocycles. The smallest absolute Gasteiger partial charge is 0.220 e. The van der Waals surface area contributed by atoms with E-state index in [1.54, 1.807) is 20.2 Å². The first-order valence-electron chi connectivity index (χ1n) is 8.19. The molecular formula is C18H27FN2O2. The highest BCUT2D eigenvalue weighted by molar-refractivity contribution is 5.77. The van der Waals surface area contributed by atoms with Gasteiger partial charge in [0.25, 0.3) is 0 Å². The number of methoxy groups -OCH3 is 1. The van der Waals surface area contributed by atoms with Crippen LogP contribution in [0.15, 0.2) is 18.2 Å². The molecule has 1 aliphatic heterocycles. The Balaban J connectivity index is 2.22. The number of benzene rings is 1. The highest BCUT2D eigenvalue weighted by atomic mass is 19.1. The number of hydrogen-bond donors (Lipinski definition) is 1. The summed E-state index contributed by atoms with van der Waals surface area (Å²) in [7, 11) is 3.38. The van der Waals surface area contributed by atoms with Crippen molar-refractivity contribution in [2.45, 2.75) is 31.6 Å². The topological polar surface area (TPSA) is 41.6 Å². The van der Waals surface area contributed by atoms with Crippen molar-refractivity contribution < 1.29 is 13.9 Å². The number of aryl methyl sites for hydroxylation is 1. The second kappa shape index (κ2) is 7.88. The third-order valence-corrected chi connectivity index (χ3v) is 4.96. The molecule has 1 N–H and O–H groups in total. The summed E-state index contributed by atoms with van der Waals surface area (Å²) < 4.78 is 18.6. The highest BCUT2D eigenvalue weighted by Gasteiger charge is 2.38. The molecule has 1 aromatic carbocycles. The summed E-state index contributed by atoms with van der Waals surface area (Å²) in [4.78, 5) is 14.4. The van der Waals surface area contributed by atoms with Gasteiger partial charge in [0.05, 0.1) is 6.61 Å². The first-order chi connectivity index (χ1) is 11.0. The monoisotopic (exact) mass is 322 g/mol. The Morgan fingerprint density at radius 2 is 2.09 bits per heavy atom. The van der Waals surface area contributed by atoms with Gasteiger partial charge in [-0.2, -0.15) is 0 Å². The van der Waals surface area contributed by atoms with E-state index in [2.05, 4.69) is 10.2 Å². The molecule has 1 heterocycles. The first kappa shape index (κ1) is 17.9. The van der Waals surface area contributed by atoms with E-state index >= 15 is 0 Å². The van der Waals surface area contributed by atoms with Crippen LogP contribution in [-0.2, 0) is 14.9 Å². The van der Waals surface area contributed by atoms with Gasteiger partial charge in [-0.1, -0.05) is 6.07 Å². The Labute approximate surface area is 138 Å². The van der Waals surface area contributed by atoms with Crippen LogP contribution in [0.1, 0.15) is 30.4 Å². The van der Waals surface area contributed by atoms with Crippen LogP contribution in [-0.4, -0.2) is 51.2 Å². The van der Waals surface area contributed by atoms with Crippen LogP contribution < -0.4 is 5.32 Å². The number of carbonyl (C=O) groups excluding carboxylic acids is 1. The largest absolute Gasteiger partial charge is 0.383 e. The molecule has 2 rings (SSSR count). The lowest BCUT2D eigenvalue weighted by molar-refractivity contribution is -0.122. The molecule has 5 heteroatoms. The number of hydrogen-bond acceptors (Lipinski definition) is 3. The summed E-state index contributed by atoms with van der Waals surface area (Å²) in [6.07, 6.45) is 2.25. The third-order valence-electron chi connectivity index (χ3n) is 4.96. The zero-order valence-corrected chi connectivity index (χ0v) is 14.3. The molecule has 0 bridgehead atoms. The van der Waals surface area contributed by atoms with Crippen LogP contribution in [0.5, 0.6) is 0 Å². The summed E-state index contributed by atoms with van der Waals surface area (Å²) >= 11 is 0. The van der Waals surface area contributed by atoms with Gasteiger partial charge < -0.3 is 15.0 Å². The van der Waals surface area contributed by atoms with E-state index in [1.165, 1.54) is 6.07 Å². The van der Waals surface area contributed by atoms with Gasteiger partial charge in [-0.3, -0.25) is 4.79 Å². The van der Waals surface area contributed by atoms with E-state index in [0.717, 1.165) is 50.2 Å². The molecule has 1 saturated heterocycles. The normalized spacial score (nSPS) is 17.9. The van der Waals surface area contributed by atoms with Crippen LogP contribution >= 0.6 is 0 Å². The number of piperidine rings is 1. The minimum Gasteiger partial charge on any atom is -0.383 e. The van der Waals surface area contributed by atoms with Crippen molar-refractivity contribution in [3.63, 3.8) is 0 Å². The summed E-state index contributed by atoms with van der Waals surface area (Å²) in [5.74, 6) is -0.182. The van der Waals surface area contributed by atoms with Crippen LogP contribution in [0.2, 0.25) is 0 Å². The Bertz CT molecular complexity index is 540. The summed E-state index contributed by atoms with van der Waals surface area (Å²) in [6.45, 7) is 5.42. The van der Waals surface area contributed by atoms with Crippen LogP contribution in [0.25, 0.3) is 0 Å². The van der Waals surface area contributed by atoms with Gasteiger partial charge in [0, 0.05) is 32.5 Å². The maximum Gasteiger partial charge on any atom is 0.220 e. The molecule has 1 fully saturated rings. The molecular weight excluding hydrogens is 295 g/mol. The third kappa shape index (κ3) is 4.30. The Kier molecular flexibility index (Phi) is 6.13. The van der Waals surface area contributed by atoms with Gasteiger partial charge >= 0.3 is 0 Å². The molecule has 1 aromatic rings. The number of amides is 1. The standard InChI is InChI=1S/C18H27FN2O2/c1-14-12-15(19)4-5-16(14)18(13-17(22)20-2)6-8-21(9-7-18)10-11-23-3/h4-5,12H,6-11,13H2,1-3H3,(H,20,22). The number of rotatable bonds is 6. The van der Waals surface area contributed by atoms with Crippen molar-refractivity contribution in [1.29, 1.82) is 0 Å². The number of nitrogens with one attached hydrogen (secondary N) is 1. The number of carbonyl (C=O) groups is 1. The van der Waals surface area contributed by atoms with E-state index < -0.39 is 0 Å². The molecule has 0 aliphatic carbocycles. The average Bonchev–Trinajstić information content (AvgIpc) is 2.54. The lowest BCUT2D eigenvalue weighted by atomic mass is 9.69. The second-order valence-electron chi connectivity index (χ2n) is 6.42. The molecule has 128 valence electrons. The van der Waals surface area contributed by atoms with Crippen molar-refractivity contribution >= 4 is 5.91 Å². The van der Waals surface area contributed by atoms with Crippen LogP contribution in [0.4, 0.5) is 4.39 Å². The van der Waals surface area contributed by atoms with Crippen molar-refractivity contribution in [3.05, 3.63) is 35.1 Å². The predicted octanol–water partition coefficient (Wildman–Crippen LogP) is 2.25. The molecule has 1 amide bonds. The molecule has 23 heavy (non-hydrogen) atoms. The lowest BCUT2D eigenvalue weighted by Gasteiger charge is -2.42. The maximum atomic E-state index is 13.5. The van der Waals surface area contributed by atoms with E-state index in [1.807, 2.05) is 13.0 Å². The van der Waals surface area contributed by atoms with Crippen molar-refractivity contribution in [3.8, 4) is 0 Å². The quantitative estimate of drug-likeness (QED) is 0.873. The zero-order valence-electron chi connectivity index (χ0n) is 14.3. The van der Waals surface area contributed by atoms with Gasteiger partial charge in [0.15, 0.2) is 0 Å². The maximum absolute atomic E-state index is 13.5. The number of likely N-dealkylation sites (tertiary alicyclic amines) is 1. The van der Waals surface area contributed by atoms with Crippen molar-refractivity contribution in [2.24, 2.45) is 0 Å². The fourth-order valence-corrected chi connectivity index (χ4v) is 3.58. The van der Waals surface area contributed by atoms with Gasteiger partial charge in [0.2, 0.25) is 5.91 Å². The molecule has 0 saturated carbocycles. The number of halogens is 1. The fraction of sp³-hybridized carbons (Fsp3) is 0.611. The molecule has 1 aliphatic rings. The second-order valence-corrected chi connectivity index (χ2v) is 6.42. The van der Waals surface area contributed by atoms with E-state index in [-0.39, 0.29) is 17.1 Å². The average molecular weight is 322 g/mol. The van der Waals surface area contributed by atoms with E-state index in [9.17, 15) is 9.18 Å². The zero-order chi connectivity index (χ0) is 16.9. The SMILES string of the molecule is CNC(=O)CC1(c2ccc(F)cc2C)CCN(CCOC)CC1. The van der Waals surface area contributed by atoms with E-state index in [0.29, 0.717) is 6.42 Å². The predicted molar refractivity (Wildman–Crippen MR) is 89.0 cm³/mol. The van der Waals surface area contributed by atoms with Gasteiger partial charge in [-0.25, -0.2) is 4.39 Å². The van der Waals surface area contributed by atoms with Crippen LogP contribution in [0, 0.1) is 12.7 Å². The molecule has 0 radical (unpaired) electrons. The summed E-state index contributed by atoms with van der Waals surface area (Å²) in [5, 5.41) is 2.74. The Hall–Kier alpha value is -1.46. The van der Waals surface area contributed by atoms with Gasteiger partial charge in [-0.15, -0.1) is 0 Å². The first-order valence-corrected chi connectivity index (χ1v) is 8.19. The van der Waals surface area contributed by atoms with Gasteiger partial charge in [0.1, 0.15) is 5.82 Å². The van der Waals surface area contributed by atoms with E-state index in [4.69, 9.17) is 4.74 Å². The molecule has 0 atom stereocenters. The van der Waals surface area contributed by atoms with Crippen molar-refractivity contribution in [1.82, 2.24) is 10.2 Å². The number of ether oxygens (including phenoxy) is 1. The highest BCUT2D eigenvalue weighted by Crippen LogP contribution is 2.40. The van der Waals surface area contributed by atoms with Crippen LogP contribution in [0.3, 0.4) is 0 Å². The van der Waals surface area contributed by atoms with Crippen molar-refractivity contribution in [2.75, 3.05) is 40.4 Å². The lowest BCUT2D eigenvalue weighted by Crippen LogP contribution is -2.46. The van der Waals surface area contributed by atoms with Gasteiger partial charge in [-0.05, 0) is 56.1 Å².